The van der Waals surface area contributed by atoms with Crippen molar-refractivity contribution in [3.05, 3.63) is 63.6 Å². The summed E-state index contributed by atoms with van der Waals surface area (Å²) >= 11 is 1.39. The first-order valence-electron chi connectivity index (χ1n) is 5.05. The largest absolute Gasteiger partial charge is 0.270 e. The number of nitrogens with zero attached hydrogens (tertiary/aromatic N) is 2. The zero-order valence-corrected chi connectivity index (χ0v) is 9.96. The van der Waals surface area contributed by atoms with Crippen LogP contribution in [0.4, 0.5) is 11.4 Å². The highest BCUT2D eigenvalue weighted by Gasteiger charge is 2.06. The third-order valence-corrected chi connectivity index (χ3v) is 3.20. The molecule has 0 aliphatic carbocycles. The van der Waals surface area contributed by atoms with E-state index in [9.17, 15) is 15.0 Å². The van der Waals surface area contributed by atoms with E-state index < -0.39 is 4.92 Å². The summed E-state index contributed by atoms with van der Waals surface area (Å²) in [5.74, 6) is 0. The first-order chi connectivity index (χ1) is 8.69. The van der Waals surface area contributed by atoms with Crippen molar-refractivity contribution in [2.75, 3.05) is 0 Å². The Balaban J connectivity index is 2.19. The fourth-order valence-electron chi connectivity index (χ4n) is 1.37. The lowest BCUT2D eigenvalue weighted by Crippen LogP contribution is -1.87. The normalized spacial score (nSPS) is 10.0. The molecule has 0 saturated heterocycles. The SMILES string of the molecule is O=Nc1ccc(Sc2cccc([N+](=O)[O-])c2)cc1. The average Bonchev–Trinajstić information content (AvgIpc) is 2.40. The topological polar surface area (TPSA) is 72.6 Å². The second kappa shape index (κ2) is 5.42. The van der Waals surface area contributed by atoms with E-state index in [4.69, 9.17) is 0 Å². The molecule has 0 unspecified atom stereocenters. The van der Waals surface area contributed by atoms with Crippen molar-refractivity contribution in [3.8, 4) is 0 Å². The molecule has 0 N–H and O–H groups in total. The van der Waals surface area contributed by atoms with E-state index in [0.29, 0.717) is 5.69 Å². The van der Waals surface area contributed by atoms with Gasteiger partial charge in [-0.15, -0.1) is 4.91 Å². The minimum Gasteiger partial charge on any atom is -0.258 e. The van der Waals surface area contributed by atoms with Crippen LogP contribution < -0.4 is 0 Å². The quantitative estimate of drug-likeness (QED) is 0.470. The molecule has 0 aliphatic rings. The molecule has 0 radical (unpaired) electrons. The zero-order valence-electron chi connectivity index (χ0n) is 9.15. The Morgan fingerprint density at radius 3 is 2.39 bits per heavy atom. The number of nitro benzene ring substituents is 1. The van der Waals surface area contributed by atoms with E-state index in [2.05, 4.69) is 5.18 Å². The second-order valence-corrected chi connectivity index (χ2v) is 4.59. The van der Waals surface area contributed by atoms with E-state index in [1.165, 1.54) is 23.9 Å². The summed E-state index contributed by atoms with van der Waals surface area (Å²) in [5.41, 5.74) is 0.421. The summed E-state index contributed by atoms with van der Waals surface area (Å²) in [6, 6.07) is 13.1. The third kappa shape index (κ3) is 2.92. The van der Waals surface area contributed by atoms with E-state index in [-0.39, 0.29) is 5.69 Å². The molecule has 0 fully saturated rings. The van der Waals surface area contributed by atoms with Crippen LogP contribution in [-0.4, -0.2) is 4.92 Å². The van der Waals surface area contributed by atoms with Crippen LogP contribution in [0.25, 0.3) is 0 Å². The van der Waals surface area contributed by atoms with Crippen LogP contribution >= 0.6 is 11.8 Å². The fourth-order valence-corrected chi connectivity index (χ4v) is 2.24. The van der Waals surface area contributed by atoms with Crippen LogP contribution in [-0.2, 0) is 0 Å². The third-order valence-electron chi connectivity index (χ3n) is 2.21. The lowest BCUT2D eigenvalue weighted by atomic mass is 10.3. The summed E-state index contributed by atoms with van der Waals surface area (Å²) in [5, 5.41) is 13.4. The van der Waals surface area contributed by atoms with Gasteiger partial charge in [-0.3, -0.25) is 10.1 Å². The second-order valence-electron chi connectivity index (χ2n) is 3.44. The maximum atomic E-state index is 10.6. The molecule has 0 saturated carbocycles. The van der Waals surface area contributed by atoms with Crippen LogP contribution in [0.2, 0.25) is 0 Å². The zero-order chi connectivity index (χ0) is 13.0. The summed E-state index contributed by atoms with van der Waals surface area (Å²) in [4.78, 5) is 22.1. The molecule has 0 spiro atoms. The van der Waals surface area contributed by atoms with Gasteiger partial charge in [-0.1, -0.05) is 17.8 Å². The van der Waals surface area contributed by atoms with E-state index in [0.717, 1.165) is 9.79 Å². The molecule has 18 heavy (non-hydrogen) atoms. The Morgan fingerprint density at radius 1 is 1.06 bits per heavy atom. The average molecular weight is 260 g/mol. The predicted octanol–water partition coefficient (Wildman–Crippen LogP) is 4.14. The van der Waals surface area contributed by atoms with Crippen molar-refractivity contribution in [2.24, 2.45) is 5.18 Å². The van der Waals surface area contributed by atoms with Gasteiger partial charge in [0.05, 0.1) is 4.92 Å². The Morgan fingerprint density at radius 2 is 1.78 bits per heavy atom. The van der Waals surface area contributed by atoms with Crippen molar-refractivity contribution >= 4 is 23.1 Å². The monoisotopic (exact) mass is 260 g/mol. The van der Waals surface area contributed by atoms with Crippen LogP contribution in [0, 0.1) is 15.0 Å². The summed E-state index contributed by atoms with van der Waals surface area (Å²) in [6.45, 7) is 0. The standard InChI is InChI=1S/C12H8N2O3S/c15-13-9-4-6-11(7-5-9)18-12-3-1-2-10(8-12)14(16)17/h1-8H. The minimum absolute atomic E-state index is 0.0613. The van der Waals surface area contributed by atoms with E-state index in [1.807, 2.05) is 0 Å². The van der Waals surface area contributed by atoms with Gasteiger partial charge < -0.3 is 0 Å². The van der Waals surface area contributed by atoms with Crippen molar-refractivity contribution in [1.82, 2.24) is 0 Å². The molecular weight excluding hydrogens is 252 g/mol. The molecule has 90 valence electrons. The molecule has 0 atom stereocenters. The highest BCUT2D eigenvalue weighted by Crippen LogP contribution is 2.30. The van der Waals surface area contributed by atoms with E-state index >= 15 is 0 Å². The van der Waals surface area contributed by atoms with Gasteiger partial charge in [-0.2, -0.15) is 0 Å². The number of non-ortho nitro benzene ring substituents is 1. The Kier molecular flexibility index (Phi) is 3.69. The van der Waals surface area contributed by atoms with Gasteiger partial charge in [-0.25, -0.2) is 0 Å². The van der Waals surface area contributed by atoms with Gasteiger partial charge in [0.15, 0.2) is 0 Å². The summed E-state index contributed by atoms with van der Waals surface area (Å²) in [6.07, 6.45) is 0. The molecule has 0 heterocycles. The number of nitroso groups, excluding NO2 is 1. The molecule has 0 bridgehead atoms. The molecule has 0 aliphatic heterocycles. The molecule has 2 aromatic carbocycles. The highest BCUT2D eigenvalue weighted by atomic mass is 32.2. The maximum Gasteiger partial charge on any atom is 0.270 e. The van der Waals surface area contributed by atoms with Crippen LogP contribution in [0.5, 0.6) is 0 Å². The summed E-state index contributed by atoms with van der Waals surface area (Å²) < 4.78 is 0. The Labute approximate surface area is 107 Å². The van der Waals surface area contributed by atoms with Gasteiger partial charge >= 0.3 is 0 Å². The molecular formula is C12H8N2O3S. The van der Waals surface area contributed by atoms with Crippen molar-refractivity contribution < 1.29 is 4.92 Å². The molecule has 2 rings (SSSR count). The first-order valence-corrected chi connectivity index (χ1v) is 5.86. The first kappa shape index (κ1) is 12.3. The lowest BCUT2D eigenvalue weighted by molar-refractivity contribution is -0.385. The van der Waals surface area contributed by atoms with Crippen molar-refractivity contribution in [1.29, 1.82) is 0 Å². The van der Waals surface area contributed by atoms with Crippen molar-refractivity contribution in [3.63, 3.8) is 0 Å². The van der Waals surface area contributed by atoms with Crippen LogP contribution in [0.1, 0.15) is 0 Å². The van der Waals surface area contributed by atoms with Gasteiger partial charge in [0.2, 0.25) is 0 Å². The number of nitro groups is 1. The Hall–Kier alpha value is -2.21. The minimum atomic E-state index is -0.427. The number of benzene rings is 2. The number of hydrogen-bond acceptors (Lipinski definition) is 5. The van der Waals surface area contributed by atoms with Crippen molar-refractivity contribution in [2.45, 2.75) is 9.79 Å². The molecule has 0 amide bonds. The fraction of sp³-hybridized carbons (Fsp3) is 0. The van der Waals surface area contributed by atoms with Gasteiger partial charge in [0.1, 0.15) is 5.69 Å². The molecule has 5 nitrogen and oxygen atoms in total. The predicted molar refractivity (Wildman–Crippen MR) is 69.1 cm³/mol. The van der Waals surface area contributed by atoms with Crippen LogP contribution in [0.3, 0.4) is 0 Å². The van der Waals surface area contributed by atoms with Gasteiger partial charge in [0.25, 0.3) is 5.69 Å². The molecule has 2 aromatic rings. The molecule has 0 aromatic heterocycles. The van der Waals surface area contributed by atoms with Gasteiger partial charge in [-0.05, 0) is 35.5 Å². The lowest BCUT2D eigenvalue weighted by Gasteiger charge is -2.01. The highest BCUT2D eigenvalue weighted by molar-refractivity contribution is 7.99. The smallest absolute Gasteiger partial charge is 0.258 e. The van der Waals surface area contributed by atoms with Crippen LogP contribution in [0.15, 0.2) is 63.5 Å². The summed E-state index contributed by atoms with van der Waals surface area (Å²) in [7, 11) is 0. The Bertz CT molecular complexity index is 584. The number of hydrogen-bond donors (Lipinski definition) is 0. The molecule has 6 heteroatoms. The van der Waals surface area contributed by atoms with E-state index in [1.54, 1.807) is 36.4 Å². The van der Waals surface area contributed by atoms with Gasteiger partial charge in [0, 0.05) is 21.9 Å². The maximum absolute atomic E-state index is 10.6. The number of rotatable bonds is 4.